The fourth-order valence-electron chi connectivity index (χ4n) is 11.1. The summed E-state index contributed by atoms with van der Waals surface area (Å²) in [7, 11) is 0. The Bertz CT molecular complexity index is 3310. The normalized spacial score (nSPS) is 16.1. The maximum Gasteiger partial charge on any atom is 0.343 e. The molecule has 0 N–H and O–H groups in total. The number of fused-ring (bicyclic) bond motifs is 11. The second-order valence-corrected chi connectivity index (χ2v) is 21.5. The number of hydrogen-bond acceptors (Lipinski definition) is 4. The third-order valence-corrected chi connectivity index (χ3v) is 15.8. The molecule has 62 heavy (non-hydrogen) atoms. The van der Waals surface area contributed by atoms with E-state index in [4.69, 9.17) is 4.42 Å². The van der Waals surface area contributed by atoms with Crippen molar-refractivity contribution in [3.8, 4) is 22.3 Å². The molecule has 0 saturated carbocycles. The third-order valence-electron chi connectivity index (χ3n) is 14.6. The second-order valence-electron chi connectivity index (χ2n) is 20.4. The standard InChI is InChI=1S/C57H51BN2OS/c1-34-30-42-43(57(7,8)29-28-56(42,5)6)33-45(34)59-46-32-36(35-16-10-9-11-17-35)31-41-50-44(26-27-48-51(50)39-18-12-14-20-47(39)61-48)60(38-24-22-37(23-25-38)55(2,3)4)58(52(41)46)54-53(59)40-19-13-15-21-49(40)62-54/h9-27,30-33H,28-29H2,1-8H3. The molecule has 0 bridgehead atoms. The highest BCUT2D eigenvalue weighted by molar-refractivity contribution is 7.32. The Labute approximate surface area is 369 Å². The molecule has 0 unspecified atom stereocenters. The Morgan fingerprint density at radius 3 is 2.05 bits per heavy atom. The predicted molar refractivity (Wildman–Crippen MR) is 267 cm³/mol. The average Bonchev–Trinajstić information content (AvgIpc) is 3.84. The van der Waals surface area contributed by atoms with Crippen molar-refractivity contribution in [2.75, 3.05) is 9.71 Å². The van der Waals surface area contributed by atoms with Crippen LogP contribution in [-0.2, 0) is 16.2 Å². The van der Waals surface area contributed by atoms with Gasteiger partial charge in [0.15, 0.2) is 0 Å². The van der Waals surface area contributed by atoms with Gasteiger partial charge in [-0.2, -0.15) is 0 Å². The zero-order valence-electron chi connectivity index (χ0n) is 37.0. The van der Waals surface area contributed by atoms with Crippen LogP contribution in [0.2, 0.25) is 0 Å². The molecule has 0 spiro atoms. The van der Waals surface area contributed by atoms with Crippen LogP contribution in [0, 0.1) is 6.92 Å². The van der Waals surface area contributed by atoms with Crippen LogP contribution in [0.3, 0.4) is 0 Å². The van der Waals surface area contributed by atoms with E-state index in [1.54, 1.807) is 0 Å². The molecule has 0 saturated heterocycles. The van der Waals surface area contributed by atoms with E-state index in [0.29, 0.717) is 0 Å². The van der Waals surface area contributed by atoms with Gasteiger partial charge in [-0.05, 0) is 135 Å². The lowest BCUT2D eigenvalue weighted by atomic mass is 9.46. The number of thiophene rings is 1. The van der Waals surface area contributed by atoms with E-state index in [-0.39, 0.29) is 23.1 Å². The van der Waals surface area contributed by atoms with E-state index in [1.165, 1.54) is 105 Å². The molecule has 3 aliphatic rings. The van der Waals surface area contributed by atoms with Crippen molar-refractivity contribution in [1.82, 2.24) is 0 Å². The highest BCUT2D eigenvalue weighted by Gasteiger charge is 2.48. The first kappa shape index (κ1) is 37.7. The molecule has 304 valence electrons. The largest absolute Gasteiger partial charge is 0.456 e. The molecular formula is C57H51BN2OS. The smallest absolute Gasteiger partial charge is 0.343 e. The number of furan rings is 1. The Kier molecular flexibility index (Phi) is 7.91. The van der Waals surface area contributed by atoms with Crippen molar-refractivity contribution >= 4 is 88.9 Å². The molecule has 7 aromatic carbocycles. The summed E-state index contributed by atoms with van der Waals surface area (Å²) in [5.41, 5.74) is 20.1. The molecular weight excluding hydrogens is 772 g/mol. The van der Waals surface area contributed by atoms with Gasteiger partial charge in [0.1, 0.15) is 11.2 Å². The quantitative estimate of drug-likeness (QED) is 0.166. The Morgan fingerprint density at radius 2 is 1.31 bits per heavy atom. The second kappa shape index (κ2) is 13.0. The highest BCUT2D eigenvalue weighted by atomic mass is 32.1. The summed E-state index contributed by atoms with van der Waals surface area (Å²) in [5, 5.41) is 3.61. The van der Waals surface area contributed by atoms with Crippen molar-refractivity contribution in [3.05, 3.63) is 162 Å². The van der Waals surface area contributed by atoms with Crippen molar-refractivity contribution < 1.29 is 4.42 Å². The van der Waals surface area contributed by atoms with Crippen LogP contribution in [0.1, 0.15) is 83.6 Å². The molecule has 9 aromatic rings. The van der Waals surface area contributed by atoms with E-state index in [1.807, 2.05) is 11.3 Å². The third kappa shape index (κ3) is 5.37. The maximum absolute atomic E-state index is 6.70. The van der Waals surface area contributed by atoms with E-state index >= 15 is 0 Å². The predicted octanol–water partition coefficient (Wildman–Crippen LogP) is 15.1. The van der Waals surface area contributed by atoms with Crippen LogP contribution in [0.4, 0.5) is 28.4 Å². The summed E-state index contributed by atoms with van der Waals surface area (Å²) >= 11 is 1.96. The van der Waals surface area contributed by atoms with Gasteiger partial charge in [0.2, 0.25) is 0 Å². The van der Waals surface area contributed by atoms with Crippen molar-refractivity contribution in [2.45, 2.75) is 84.5 Å². The van der Waals surface area contributed by atoms with Crippen LogP contribution in [0.25, 0.3) is 54.3 Å². The van der Waals surface area contributed by atoms with E-state index in [0.717, 1.165) is 23.0 Å². The van der Waals surface area contributed by atoms with Gasteiger partial charge in [0.25, 0.3) is 0 Å². The van der Waals surface area contributed by atoms with Crippen LogP contribution in [-0.4, -0.2) is 6.85 Å². The lowest BCUT2D eigenvalue weighted by Gasteiger charge is -2.46. The first-order chi connectivity index (χ1) is 29.8. The number of aryl methyl sites for hydroxylation is 1. The van der Waals surface area contributed by atoms with Crippen LogP contribution in [0.15, 0.2) is 144 Å². The van der Waals surface area contributed by atoms with Crippen LogP contribution in [0.5, 0.6) is 0 Å². The van der Waals surface area contributed by atoms with Gasteiger partial charge in [0, 0.05) is 53.9 Å². The number of nitrogens with zero attached hydrogens (tertiary/aromatic N) is 2. The van der Waals surface area contributed by atoms with Gasteiger partial charge >= 0.3 is 6.85 Å². The minimum Gasteiger partial charge on any atom is -0.456 e. The van der Waals surface area contributed by atoms with Crippen molar-refractivity contribution in [1.29, 1.82) is 0 Å². The minimum atomic E-state index is -0.0783. The molecule has 12 rings (SSSR count). The lowest BCUT2D eigenvalue weighted by molar-refractivity contribution is 0.332. The number of para-hydroxylation sites is 1. The molecule has 5 heteroatoms. The molecule has 3 nitrogen and oxygen atoms in total. The van der Waals surface area contributed by atoms with E-state index < -0.39 is 0 Å². The summed E-state index contributed by atoms with van der Waals surface area (Å²) in [5.74, 6) is 0. The average molecular weight is 823 g/mol. The van der Waals surface area contributed by atoms with E-state index in [2.05, 4.69) is 205 Å². The topological polar surface area (TPSA) is 19.6 Å². The number of hydrogen-bond donors (Lipinski definition) is 0. The van der Waals surface area contributed by atoms with Gasteiger partial charge < -0.3 is 14.1 Å². The summed E-state index contributed by atoms with van der Waals surface area (Å²) in [6, 6.07) is 52.7. The zero-order chi connectivity index (χ0) is 42.4. The van der Waals surface area contributed by atoms with Gasteiger partial charge in [0.05, 0.1) is 5.69 Å². The van der Waals surface area contributed by atoms with Gasteiger partial charge in [-0.25, -0.2) is 0 Å². The molecule has 2 aromatic heterocycles. The first-order valence-corrected chi connectivity index (χ1v) is 23.2. The Balaban J connectivity index is 1.25. The Morgan fingerprint density at radius 1 is 0.629 bits per heavy atom. The monoisotopic (exact) mass is 822 g/mol. The molecule has 4 heterocycles. The van der Waals surface area contributed by atoms with Crippen LogP contribution >= 0.6 is 11.3 Å². The maximum atomic E-state index is 6.70. The fraction of sp³-hybridized carbons (Fsp3) is 0.228. The first-order valence-electron chi connectivity index (χ1n) is 22.3. The molecule has 1 aliphatic carbocycles. The summed E-state index contributed by atoms with van der Waals surface area (Å²) in [6.07, 6.45) is 2.35. The minimum absolute atomic E-state index is 0.0360. The Hall–Kier alpha value is -6.04. The van der Waals surface area contributed by atoms with Crippen LogP contribution < -0.4 is 20.0 Å². The number of benzene rings is 7. The molecule has 0 radical (unpaired) electrons. The molecule has 0 atom stereocenters. The van der Waals surface area contributed by atoms with Gasteiger partial charge in [-0.1, -0.05) is 133 Å². The lowest BCUT2D eigenvalue weighted by Crippen LogP contribution is -2.60. The fourth-order valence-corrected chi connectivity index (χ4v) is 12.4. The van der Waals surface area contributed by atoms with Crippen molar-refractivity contribution in [2.24, 2.45) is 0 Å². The number of anilines is 5. The summed E-state index contributed by atoms with van der Waals surface area (Å²) in [6.45, 7) is 19.0. The van der Waals surface area contributed by atoms with E-state index in [9.17, 15) is 0 Å². The summed E-state index contributed by atoms with van der Waals surface area (Å²) < 4.78 is 9.38. The van der Waals surface area contributed by atoms with Crippen molar-refractivity contribution in [3.63, 3.8) is 0 Å². The highest BCUT2D eigenvalue weighted by Crippen LogP contribution is 2.55. The molecule has 0 amide bonds. The zero-order valence-corrected chi connectivity index (χ0v) is 37.8. The molecule has 0 fully saturated rings. The van der Waals surface area contributed by atoms with Gasteiger partial charge in [-0.3, -0.25) is 0 Å². The number of rotatable bonds is 3. The molecule has 2 aliphatic heterocycles. The SMILES string of the molecule is Cc1cc2c(cc1N1c3cc(-c4ccccc4)cc4c3B(c3sc5ccccc5c31)N(c1ccc(C(C)(C)C)cc1)c1ccc3oc5ccccc5c3c1-4)C(C)(C)CCC2(C)C. The summed E-state index contributed by atoms with van der Waals surface area (Å²) in [4.78, 5) is 5.34. The van der Waals surface area contributed by atoms with Gasteiger partial charge in [-0.15, -0.1) is 11.3 Å².